The van der Waals surface area contributed by atoms with E-state index in [9.17, 15) is 9.59 Å². The molecular formula is C17H14I2O4. The average molecular weight is 536 g/mol. The second kappa shape index (κ2) is 8.09. The van der Waals surface area contributed by atoms with Gasteiger partial charge in [-0.2, -0.15) is 0 Å². The Morgan fingerprint density at radius 3 is 1.52 bits per heavy atom. The van der Waals surface area contributed by atoms with Crippen molar-refractivity contribution in [3.63, 3.8) is 0 Å². The molecule has 0 aromatic heterocycles. The van der Waals surface area contributed by atoms with E-state index in [1.807, 2.05) is 24.3 Å². The van der Waals surface area contributed by atoms with Crippen molar-refractivity contribution in [3.05, 3.63) is 65.8 Å². The first-order chi connectivity index (χ1) is 11.0. The zero-order chi connectivity index (χ0) is 17.0. The molecule has 2 aromatic rings. The molecule has 2 aromatic carbocycles. The Kier molecular flexibility index (Phi) is 6.40. The molecule has 0 amide bonds. The summed E-state index contributed by atoms with van der Waals surface area (Å²) in [7, 11) is 2.74. The van der Waals surface area contributed by atoms with Gasteiger partial charge in [-0.3, -0.25) is 0 Å². The van der Waals surface area contributed by atoms with Crippen molar-refractivity contribution in [2.24, 2.45) is 0 Å². The van der Waals surface area contributed by atoms with Crippen LogP contribution in [0.4, 0.5) is 0 Å². The van der Waals surface area contributed by atoms with Crippen LogP contribution >= 0.6 is 45.2 Å². The predicted molar refractivity (Wildman–Crippen MR) is 104 cm³/mol. The zero-order valence-electron chi connectivity index (χ0n) is 12.6. The number of methoxy groups -OCH3 is 2. The molecule has 120 valence electrons. The van der Waals surface area contributed by atoms with Crippen molar-refractivity contribution in [2.45, 2.75) is 6.42 Å². The highest BCUT2D eigenvalue weighted by Crippen LogP contribution is 2.21. The molecule has 0 atom stereocenters. The largest absolute Gasteiger partial charge is 0.465 e. The van der Waals surface area contributed by atoms with E-state index in [-0.39, 0.29) is 11.9 Å². The molecule has 0 unspecified atom stereocenters. The molecule has 0 aliphatic carbocycles. The molecule has 0 radical (unpaired) electrons. The normalized spacial score (nSPS) is 10.3. The van der Waals surface area contributed by atoms with Gasteiger partial charge in [0.15, 0.2) is 0 Å². The molecule has 0 bridgehead atoms. The lowest BCUT2D eigenvalue weighted by molar-refractivity contribution is 0.0590. The van der Waals surface area contributed by atoms with Gasteiger partial charge < -0.3 is 9.47 Å². The summed E-state index contributed by atoms with van der Waals surface area (Å²) in [5, 5.41) is 0. The number of ether oxygens (including phenoxy) is 2. The van der Waals surface area contributed by atoms with Crippen molar-refractivity contribution in [2.75, 3.05) is 14.2 Å². The summed E-state index contributed by atoms with van der Waals surface area (Å²) >= 11 is 4.26. The second-order valence-corrected chi connectivity index (χ2v) is 7.11. The fraction of sp³-hybridized carbons (Fsp3) is 0.176. The summed E-state index contributed by atoms with van der Waals surface area (Å²) in [6.45, 7) is 0. The molecule has 0 aliphatic rings. The van der Waals surface area contributed by atoms with E-state index < -0.39 is 0 Å². The number of hydrogen-bond donors (Lipinski definition) is 0. The van der Waals surface area contributed by atoms with E-state index in [0.29, 0.717) is 11.1 Å². The minimum absolute atomic E-state index is 0.335. The number of carbonyl (C=O) groups excluding carboxylic acids is 2. The van der Waals surface area contributed by atoms with Crippen molar-refractivity contribution >= 4 is 57.1 Å². The number of rotatable bonds is 4. The minimum Gasteiger partial charge on any atom is -0.465 e. The first-order valence-electron chi connectivity index (χ1n) is 6.69. The van der Waals surface area contributed by atoms with Crippen LogP contribution in [0.25, 0.3) is 0 Å². The number of carbonyl (C=O) groups is 2. The van der Waals surface area contributed by atoms with E-state index in [1.54, 1.807) is 12.1 Å². The Morgan fingerprint density at radius 1 is 0.826 bits per heavy atom. The maximum absolute atomic E-state index is 11.6. The van der Waals surface area contributed by atoms with Crippen molar-refractivity contribution < 1.29 is 19.1 Å². The molecule has 23 heavy (non-hydrogen) atoms. The van der Waals surface area contributed by atoms with Gasteiger partial charge in [-0.05, 0) is 87.0 Å². The van der Waals surface area contributed by atoms with E-state index in [1.165, 1.54) is 14.2 Å². The van der Waals surface area contributed by atoms with E-state index in [4.69, 9.17) is 9.47 Å². The molecule has 0 fully saturated rings. The van der Waals surface area contributed by atoms with Crippen LogP contribution in [-0.2, 0) is 15.9 Å². The fourth-order valence-electron chi connectivity index (χ4n) is 2.12. The first kappa shape index (κ1) is 18.2. The van der Waals surface area contributed by atoms with Crippen molar-refractivity contribution in [1.82, 2.24) is 0 Å². The Bertz CT molecular complexity index is 693. The van der Waals surface area contributed by atoms with Gasteiger partial charge in [-0.15, -0.1) is 0 Å². The Labute approximate surface area is 161 Å². The number of hydrogen-bond acceptors (Lipinski definition) is 4. The lowest BCUT2D eigenvalue weighted by atomic mass is 10.0. The van der Waals surface area contributed by atoms with E-state index in [0.717, 1.165) is 24.7 Å². The first-order valence-corrected chi connectivity index (χ1v) is 8.85. The topological polar surface area (TPSA) is 52.6 Å². The van der Waals surface area contributed by atoms with Gasteiger partial charge in [-0.25, -0.2) is 9.59 Å². The van der Waals surface area contributed by atoms with Gasteiger partial charge >= 0.3 is 11.9 Å². The molecule has 2 rings (SSSR count). The van der Waals surface area contributed by atoms with Crippen LogP contribution in [-0.4, -0.2) is 26.2 Å². The fourth-order valence-corrected chi connectivity index (χ4v) is 3.72. The van der Waals surface area contributed by atoms with Crippen LogP contribution in [0.3, 0.4) is 0 Å². The molecule has 0 saturated carbocycles. The molecule has 6 heteroatoms. The van der Waals surface area contributed by atoms with E-state index in [2.05, 4.69) is 45.2 Å². The molecule has 0 saturated heterocycles. The number of halogens is 2. The van der Waals surface area contributed by atoms with Gasteiger partial charge in [-0.1, -0.05) is 12.1 Å². The SMILES string of the molecule is COC(=O)c1ccc(Cc2ccc(C(=O)OC)c(I)c2)cc1I. The lowest BCUT2D eigenvalue weighted by Gasteiger charge is -2.08. The summed E-state index contributed by atoms with van der Waals surface area (Å²) in [6.07, 6.45) is 0.717. The third kappa shape index (κ3) is 4.43. The Morgan fingerprint density at radius 2 is 1.22 bits per heavy atom. The predicted octanol–water partition coefficient (Wildman–Crippen LogP) is 4.06. The highest BCUT2D eigenvalue weighted by molar-refractivity contribution is 14.1. The lowest BCUT2D eigenvalue weighted by Crippen LogP contribution is -2.05. The van der Waals surface area contributed by atoms with Crippen LogP contribution in [0.5, 0.6) is 0 Å². The highest BCUT2D eigenvalue weighted by atomic mass is 127. The number of esters is 2. The van der Waals surface area contributed by atoms with Gasteiger partial charge in [0.2, 0.25) is 0 Å². The number of benzene rings is 2. The third-order valence-electron chi connectivity index (χ3n) is 3.29. The van der Waals surface area contributed by atoms with Gasteiger partial charge in [0, 0.05) is 7.14 Å². The maximum atomic E-state index is 11.6. The quantitative estimate of drug-likeness (QED) is 0.438. The van der Waals surface area contributed by atoms with Crippen LogP contribution in [0.2, 0.25) is 0 Å². The van der Waals surface area contributed by atoms with Crippen LogP contribution in [0.15, 0.2) is 36.4 Å². The average Bonchev–Trinajstić information content (AvgIpc) is 2.54. The molecule has 0 heterocycles. The van der Waals surface area contributed by atoms with Gasteiger partial charge in [0.25, 0.3) is 0 Å². The van der Waals surface area contributed by atoms with Crippen LogP contribution < -0.4 is 0 Å². The standard InChI is InChI=1S/C17H14I2O4/c1-22-16(20)12-5-3-10(8-14(12)18)7-11-4-6-13(15(19)9-11)17(21)23-2/h3-6,8-9H,7H2,1-2H3. The molecule has 0 spiro atoms. The smallest absolute Gasteiger partial charge is 0.338 e. The summed E-state index contributed by atoms with van der Waals surface area (Å²) in [5.41, 5.74) is 3.30. The molecule has 0 aliphatic heterocycles. The minimum atomic E-state index is -0.335. The monoisotopic (exact) mass is 536 g/mol. The summed E-state index contributed by atoms with van der Waals surface area (Å²) in [5.74, 6) is -0.671. The molecule has 4 nitrogen and oxygen atoms in total. The third-order valence-corrected chi connectivity index (χ3v) is 5.07. The summed E-state index contributed by atoms with van der Waals surface area (Å²) < 4.78 is 11.2. The zero-order valence-corrected chi connectivity index (χ0v) is 16.9. The second-order valence-electron chi connectivity index (χ2n) is 4.79. The van der Waals surface area contributed by atoms with Crippen molar-refractivity contribution in [1.29, 1.82) is 0 Å². The maximum Gasteiger partial charge on any atom is 0.338 e. The molecule has 0 N–H and O–H groups in total. The van der Waals surface area contributed by atoms with Gasteiger partial charge in [0.05, 0.1) is 25.3 Å². The van der Waals surface area contributed by atoms with Gasteiger partial charge in [0.1, 0.15) is 0 Å². The Hall–Kier alpha value is -1.16. The Balaban J connectivity index is 2.23. The summed E-state index contributed by atoms with van der Waals surface area (Å²) in [6, 6.07) is 11.3. The van der Waals surface area contributed by atoms with Crippen molar-refractivity contribution in [3.8, 4) is 0 Å². The summed E-state index contributed by atoms with van der Waals surface area (Å²) in [4.78, 5) is 23.2. The molecular weight excluding hydrogens is 522 g/mol. The highest BCUT2D eigenvalue weighted by Gasteiger charge is 2.12. The van der Waals surface area contributed by atoms with Crippen LogP contribution in [0, 0.1) is 7.14 Å². The van der Waals surface area contributed by atoms with Crippen LogP contribution in [0.1, 0.15) is 31.8 Å². The van der Waals surface area contributed by atoms with E-state index >= 15 is 0 Å².